The summed E-state index contributed by atoms with van der Waals surface area (Å²) in [4.78, 5) is 2.37. The van der Waals surface area contributed by atoms with Gasteiger partial charge in [0, 0.05) is 12.6 Å². The van der Waals surface area contributed by atoms with Crippen molar-refractivity contribution in [1.29, 1.82) is 0 Å². The van der Waals surface area contributed by atoms with E-state index in [1.165, 1.54) is 5.56 Å². The van der Waals surface area contributed by atoms with Crippen LogP contribution >= 0.6 is 0 Å². The van der Waals surface area contributed by atoms with Crippen molar-refractivity contribution in [3.05, 3.63) is 35.9 Å². The molecule has 1 rings (SSSR count). The van der Waals surface area contributed by atoms with E-state index in [0.717, 1.165) is 31.8 Å². The van der Waals surface area contributed by atoms with Gasteiger partial charge in [0.05, 0.1) is 0 Å². The number of rotatable bonds is 7. The standard InChI is InChI=1S/C15H26N2.2C2H6/c1-13(2)12-17(3)10-9-15(16)11-14-7-5-4-6-8-14;2*1-2/h4-8,13,15H,9-12,16H2,1-3H3;2*1-2H3. The normalized spacial score (nSPS) is 11.3. The maximum absolute atomic E-state index is 6.16. The lowest BCUT2D eigenvalue weighted by atomic mass is 10.0. The molecule has 124 valence electrons. The minimum absolute atomic E-state index is 0.270. The van der Waals surface area contributed by atoms with Gasteiger partial charge in [-0.2, -0.15) is 0 Å². The molecular formula is C19H38N2. The Hall–Kier alpha value is -0.860. The van der Waals surface area contributed by atoms with Crippen LogP contribution in [0.1, 0.15) is 53.5 Å². The molecule has 1 unspecified atom stereocenters. The first-order valence-corrected chi connectivity index (χ1v) is 8.56. The molecule has 0 saturated carbocycles. The first kappa shape index (κ1) is 22.4. The third-order valence-corrected chi connectivity index (χ3v) is 2.90. The molecule has 0 spiro atoms. The van der Waals surface area contributed by atoms with Gasteiger partial charge in [0.1, 0.15) is 0 Å². The second-order valence-electron chi connectivity index (χ2n) is 5.39. The van der Waals surface area contributed by atoms with Gasteiger partial charge in [-0.05, 0) is 37.9 Å². The number of hydrogen-bond acceptors (Lipinski definition) is 2. The fraction of sp³-hybridized carbons (Fsp3) is 0.684. The van der Waals surface area contributed by atoms with Crippen molar-refractivity contribution in [2.24, 2.45) is 11.7 Å². The highest BCUT2D eigenvalue weighted by molar-refractivity contribution is 5.15. The fourth-order valence-corrected chi connectivity index (χ4v) is 2.12. The van der Waals surface area contributed by atoms with E-state index in [4.69, 9.17) is 5.73 Å². The molecule has 0 aliphatic heterocycles. The first-order chi connectivity index (χ1) is 10.1. The highest BCUT2D eigenvalue weighted by Gasteiger charge is 2.07. The van der Waals surface area contributed by atoms with Crippen LogP contribution < -0.4 is 5.73 Å². The summed E-state index contributed by atoms with van der Waals surface area (Å²) in [7, 11) is 2.18. The number of nitrogens with two attached hydrogens (primary N) is 1. The summed E-state index contributed by atoms with van der Waals surface area (Å²) >= 11 is 0. The smallest absolute Gasteiger partial charge is 0.00914 e. The quantitative estimate of drug-likeness (QED) is 0.797. The maximum Gasteiger partial charge on any atom is 0.00914 e. The molecule has 2 heteroatoms. The van der Waals surface area contributed by atoms with Crippen molar-refractivity contribution in [3.8, 4) is 0 Å². The zero-order chi connectivity index (χ0) is 16.7. The number of nitrogens with zero attached hydrogens (tertiary/aromatic N) is 1. The van der Waals surface area contributed by atoms with Crippen molar-refractivity contribution in [2.75, 3.05) is 20.1 Å². The van der Waals surface area contributed by atoms with Crippen LogP contribution in [0.4, 0.5) is 0 Å². The van der Waals surface area contributed by atoms with E-state index in [2.05, 4.69) is 50.1 Å². The van der Waals surface area contributed by atoms with E-state index in [1.54, 1.807) is 0 Å². The Morgan fingerprint density at radius 3 is 2.00 bits per heavy atom. The van der Waals surface area contributed by atoms with E-state index in [1.807, 2.05) is 33.8 Å². The summed E-state index contributed by atoms with van der Waals surface area (Å²) in [6.45, 7) is 14.7. The van der Waals surface area contributed by atoms with Crippen LogP contribution in [0.3, 0.4) is 0 Å². The van der Waals surface area contributed by atoms with Crippen LogP contribution in [0.5, 0.6) is 0 Å². The molecule has 21 heavy (non-hydrogen) atoms. The monoisotopic (exact) mass is 294 g/mol. The molecule has 0 aliphatic carbocycles. The maximum atomic E-state index is 6.16. The largest absolute Gasteiger partial charge is 0.327 e. The minimum Gasteiger partial charge on any atom is -0.327 e. The summed E-state index contributed by atoms with van der Waals surface area (Å²) in [6, 6.07) is 10.8. The highest BCUT2D eigenvalue weighted by Crippen LogP contribution is 2.05. The summed E-state index contributed by atoms with van der Waals surface area (Å²) in [6.07, 6.45) is 2.05. The van der Waals surface area contributed by atoms with E-state index in [0.29, 0.717) is 0 Å². The molecule has 0 aliphatic rings. The summed E-state index contributed by atoms with van der Waals surface area (Å²) in [5.74, 6) is 0.727. The van der Waals surface area contributed by atoms with E-state index in [-0.39, 0.29) is 6.04 Å². The van der Waals surface area contributed by atoms with Crippen molar-refractivity contribution < 1.29 is 0 Å². The van der Waals surface area contributed by atoms with Crippen molar-refractivity contribution in [1.82, 2.24) is 4.90 Å². The van der Waals surface area contributed by atoms with Crippen LogP contribution in [0, 0.1) is 5.92 Å². The lowest BCUT2D eigenvalue weighted by Gasteiger charge is -2.21. The number of hydrogen-bond donors (Lipinski definition) is 1. The van der Waals surface area contributed by atoms with Gasteiger partial charge in [0.25, 0.3) is 0 Å². The molecule has 2 N–H and O–H groups in total. The first-order valence-electron chi connectivity index (χ1n) is 8.56. The Bertz CT molecular complexity index is 296. The van der Waals surface area contributed by atoms with Crippen LogP contribution in [0.2, 0.25) is 0 Å². The average Bonchev–Trinajstić information content (AvgIpc) is 2.50. The third-order valence-electron chi connectivity index (χ3n) is 2.90. The van der Waals surface area contributed by atoms with Crippen LogP contribution in [-0.4, -0.2) is 31.1 Å². The van der Waals surface area contributed by atoms with Gasteiger partial charge < -0.3 is 10.6 Å². The third kappa shape index (κ3) is 13.9. The van der Waals surface area contributed by atoms with Crippen molar-refractivity contribution >= 4 is 0 Å². The Morgan fingerprint density at radius 1 is 1.00 bits per heavy atom. The van der Waals surface area contributed by atoms with Gasteiger partial charge >= 0.3 is 0 Å². The Morgan fingerprint density at radius 2 is 1.52 bits per heavy atom. The lowest BCUT2D eigenvalue weighted by Crippen LogP contribution is -2.31. The molecule has 1 atom stereocenters. The molecule has 0 heterocycles. The van der Waals surface area contributed by atoms with Gasteiger partial charge in [-0.25, -0.2) is 0 Å². The van der Waals surface area contributed by atoms with Gasteiger partial charge in [0.15, 0.2) is 0 Å². The fourth-order valence-electron chi connectivity index (χ4n) is 2.12. The molecule has 0 fully saturated rings. The van der Waals surface area contributed by atoms with Gasteiger partial charge in [-0.3, -0.25) is 0 Å². The molecule has 2 nitrogen and oxygen atoms in total. The van der Waals surface area contributed by atoms with Crippen molar-refractivity contribution in [2.45, 2.75) is 60.4 Å². The van der Waals surface area contributed by atoms with E-state index >= 15 is 0 Å². The molecular weight excluding hydrogens is 256 g/mol. The molecule has 1 aromatic rings. The molecule has 0 saturated heterocycles. The zero-order valence-electron chi connectivity index (χ0n) is 15.4. The van der Waals surface area contributed by atoms with Gasteiger partial charge in [-0.15, -0.1) is 0 Å². The van der Waals surface area contributed by atoms with Crippen LogP contribution in [0.15, 0.2) is 30.3 Å². The molecule has 0 bridgehead atoms. The number of benzene rings is 1. The molecule has 0 radical (unpaired) electrons. The minimum atomic E-state index is 0.270. The highest BCUT2D eigenvalue weighted by atomic mass is 15.1. The Labute approximate surface area is 133 Å². The van der Waals surface area contributed by atoms with Crippen molar-refractivity contribution in [3.63, 3.8) is 0 Å². The molecule has 1 aromatic carbocycles. The summed E-state index contributed by atoms with van der Waals surface area (Å²) in [5, 5.41) is 0. The van der Waals surface area contributed by atoms with Gasteiger partial charge in [-0.1, -0.05) is 71.9 Å². The molecule has 0 aromatic heterocycles. The summed E-state index contributed by atoms with van der Waals surface area (Å²) < 4.78 is 0. The second-order valence-corrected chi connectivity index (χ2v) is 5.39. The topological polar surface area (TPSA) is 29.3 Å². The second kappa shape index (κ2) is 15.5. The van der Waals surface area contributed by atoms with E-state index in [9.17, 15) is 0 Å². The lowest BCUT2D eigenvalue weighted by molar-refractivity contribution is 0.283. The molecule has 0 amide bonds. The van der Waals surface area contributed by atoms with Crippen LogP contribution in [0.25, 0.3) is 0 Å². The average molecular weight is 295 g/mol. The SMILES string of the molecule is CC.CC.CC(C)CN(C)CCC(N)Cc1ccccc1. The Kier molecular flexibility index (Phi) is 16.6. The Balaban J connectivity index is 0. The predicted molar refractivity (Wildman–Crippen MR) is 97.8 cm³/mol. The predicted octanol–water partition coefficient (Wildman–Crippen LogP) is 4.59. The van der Waals surface area contributed by atoms with Crippen LogP contribution in [-0.2, 0) is 6.42 Å². The van der Waals surface area contributed by atoms with E-state index < -0.39 is 0 Å². The van der Waals surface area contributed by atoms with Gasteiger partial charge in [0.2, 0.25) is 0 Å². The zero-order valence-corrected chi connectivity index (χ0v) is 15.4. The summed E-state index contributed by atoms with van der Waals surface area (Å²) in [5.41, 5.74) is 7.50.